The Balaban J connectivity index is 4.47. The summed E-state index contributed by atoms with van der Waals surface area (Å²) in [6.45, 7) is 14.1. The van der Waals surface area contributed by atoms with E-state index in [4.69, 9.17) is 4.74 Å². The van der Waals surface area contributed by atoms with Crippen LogP contribution >= 0.6 is 0 Å². The standard InChI is InChI=1S/C17H30O3/c1-7-10-20-13-15(4)12-17(6,19)9-8-16(5,18)11-14(2)3/h7,14-15,18-19H,1,10-13H2,2-6H3. The normalized spacial score (nSPS) is 18.6. The van der Waals surface area contributed by atoms with Crippen LogP contribution in [-0.4, -0.2) is 34.6 Å². The Kier molecular flexibility index (Phi) is 8.12. The maximum Gasteiger partial charge on any atom is 0.123 e. The highest BCUT2D eigenvalue weighted by Crippen LogP contribution is 2.19. The van der Waals surface area contributed by atoms with Gasteiger partial charge in [0.05, 0.1) is 6.61 Å². The molecule has 2 N–H and O–H groups in total. The van der Waals surface area contributed by atoms with Crippen LogP contribution in [0.15, 0.2) is 12.7 Å². The molecule has 0 heterocycles. The molecule has 0 aliphatic heterocycles. The highest BCUT2D eigenvalue weighted by Gasteiger charge is 2.24. The summed E-state index contributed by atoms with van der Waals surface area (Å²) in [5.41, 5.74) is -2.17. The predicted octanol–water partition coefficient (Wildman–Crippen LogP) is 2.77. The first-order valence-electron chi connectivity index (χ1n) is 7.25. The summed E-state index contributed by atoms with van der Waals surface area (Å²) in [5, 5.41) is 20.4. The van der Waals surface area contributed by atoms with E-state index in [1.165, 1.54) is 0 Å². The van der Waals surface area contributed by atoms with Gasteiger partial charge in [0.15, 0.2) is 0 Å². The molecule has 0 saturated carbocycles. The van der Waals surface area contributed by atoms with Crippen molar-refractivity contribution in [2.75, 3.05) is 13.2 Å². The molecule has 0 aromatic carbocycles. The van der Waals surface area contributed by atoms with Crippen molar-refractivity contribution in [3.8, 4) is 11.8 Å². The summed E-state index contributed by atoms with van der Waals surface area (Å²) in [5.74, 6) is 6.15. The van der Waals surface area contributed by atoms with Crippen molar-refractivity contribution in [1.82, 2.24) is 0 Å². The van der Waals surface area contributed by atoms with E-state index in [1.807, 2.05) is 20.8 Å². The first-order valence-corrected chi connectivity index (χ1v) is 7.25. The Morgan fingerprint density at radius 2 is 1.60 bits per heavy atom. The van der Waals surface area contributed by atoms with E-state index in [0.717, 1.165) is 0 Å². The van der Waals surface area contributed by atoms with Gasteiger partial charge in [-0.3, -0.25) is 0 Å². The lowest BCUT2D eigenvalue weighted by atomic mass is 9.90. The fraction of sp³-hybridized carbons (Fsp3) is 0.765. The monoisotopic (exact) mass is 282 g/mol. The molecule has 0 rings (SSSR count). The van der Waals surface area contributed by atoms with Gasteiger partial charge in [-0.1, -0.05) is 38.7 Å². The zero-order valence-corrected chi connectivity index (χ0v) is 13.6. The van der Waals surface area contributed by atoms with Crippen molar-refractivity contribution in [3.63, 3.8) is 0 Å². The molecule has 0 bridgehead atoms. The molecule has 0 aliphatic rings. The lowest BCUT2D eigenvalue weighted by Crippen LogP contribution is -2.29. The smallest absolute Gasteiger partial charge is 0.123 e. The highest BCUT2D eigenvalue weighted by molar-refractivity contribution is 5.19. The summed E-state index contributed by atoms with van der Waals surface area (Å²) in [6.07, 6.45) is 2.80. The first-order chi connectivity index (χ1) is 9.08. The van der Waals surface area contributed by atoms with Crippen molar-refractivity contribution in [3.05, 3.63) is 12.7 Å². The molecule has 0 spiro atoms. The van der Waals surface area contributed by atoms with Gasteiger partial charge >= 0.3 is 0 Å². The molecule has 0 radical (unpaired) electrons. The molecule has 3 atom stereocenters. The second kappa shape index (κ2) is 8.46. The summed E-state index contributed by atoms with van der Waals surface area (Å²) < 4.78 is 5.36. The van der Waals surface area contributed by atoms with Gasteiger partial charge in [0, 0.05) is 6.61 Å². The molecular formula is C17H30O3. The minimum absolute atomic E-state index is 0.189. The summed E-state index contributed by atoms with van der Waals surface area (Å²) >= 11 is 0. The van der Waals surface area contributed by atoms with E-state index in [1.54, 1.807) is 19.9 Å². The van der Waals surface area contributed by atoms with Crippen LogP contribution in [0.2, 0.25) is 0 Å². The van der Waals surface area contributed by atoms with Crippen LogP contribution in [0.4, 0.5) is 0 Å². The molecule has 0 saturated heterocycles. The lowest BCUT2D eigenvalue weighted by molar-refractivity contribution is 0.0580. The zero-order chi connectivity index (χ0) is 15.8. The minimum Gasteiger partial charge on any atom is -0.378 e. The molecule has 0 aromatic heterocycles. The second-order valence-electron chi connectivity index (χ2n) is 6.53. The molecular weight excluding hydrogens is 252 g/mol. The van der Waals surface area contributed by atoms with Crippen LogP contribution in [0.5, 0.6) is 0 Å². The van der Waals surface area contributed by atoms with Crippen LogP contribution in [-0.2, 0) is 4.74 Å². The molecule has 0 fully saturated rings. The zero-order valence-electron chi connectivity index (χ0n) is 13.6. The van der Waals surface area contributed by atoms with Crippen molar-refractivity contribution >= 4 is 0 Å². The first kappa shape index (κ1) is 19.2. The highest BCUT2D eigenvalue weighted by atomic mass is 16.5. The van der Waals surface area contributed by atoms with E-state index >= 15 is 0 Å². The van der Waals surface area contributed by atoms with E-state index in [-0.39, 0.29) is 5.92 Å². The minimum atomic E-state index is -1.11. The fourth-order valence-electron chi connectivity index (χ4n) is 2.26. The van der Waals surface area contributed by atoms with Crippen molar-refractivity contribution < 1.29 is 14.9 Å². The molecule has 0 aliphatic carbocycles. The fourth-order valence-corrected chi connectivity index (χ4v) is 2.26. The van der Waals surface area contributed by atoms with Crippen LogP contribution in [0, 0.1) is 23.7 Å². The van der Waals surface area contributed by atoms with Gasteiger partial charge in [-0.25, -0.2) is 0 Å². The Morgan fingerprint density at radius 1 is 1.10 bits per heavy atom. The van der Waals surface area contributed by atoms with Gasteiger partial charge in [0.2, 0.25) is 0 Å². The van der Waals surface area contributed by atoms with E-state index in [2.05, 4.69) is 18.4 Å². The van der Waals surface area contributed by atoms with Crippen LogP contribution in [0.3, 0.4) is 0 Å². The maximum absolute atomic E-state index is 10.3. The summed E-state index contributed by atoms with van der Waals surface area (Å²) in [4.78, 5) is 0. The Morgan fingerprint density at radius 3 is 2.05 bits per heavy atom. The lowest BCUT2D eigenvalue weighted by Gasteiger charge is -2.23. The van der Waals surface area contributed by atoms with Gasteiger partial charge < -0.3 is 14.9 Å². The third-order valence-electron chi connectivity index (χ3n) is 2.79. The quantitative estimate of drug-likeness (QED) is 0.409. The third-order valence-corrected chi connectivity index (χ3v) is 2.79. The second-order valence-corrected chi connectivity index (χ2v) is 6.53. The molecule has 0 aromatic rings. The molecule has 0 amide bonds. The topological polar surface area (TPSA) is 49.7 Å². The number of ether oxygens (including phenoxy) is 1. The Labute approximate surface area is 124 Å². The van der Waals surface area contributed by atoms with Crippen LogP contribution in [0.1, 0.15) is 47.5 Å². The average molecular weight is 282 g/mol. The molecule has 116 valence electrons. The molecule has 3 unspecified atom stereocenters. The van der Waals surface area contributed by atoms with Gasteiger partial charge in [0.1, 0.15) is 11.2 Å². The van der Waals surface area contributed by atoms with Gasteiger partial charge in [-0.15, -0.1) is 6.58 Å². The largest absolute Gasteiger partial charge is 0.378 e. The average Bonchev–Trinajstić information content (AvgIpc) is 2.25. The van der Waals surface area contributed by atoms with Crippen molar-refractivity contribution in [2.24, 2.45) is 11.8 Å². The molecule has 3 heteroatoms. The van der Waals surface area contributed by atoms with Crippen LogP contribution in [0.25, 0.3) is 0 Å². The Hall–Kier alpha value is -0.820. The third kappa shape index (κ3) is 10.0. The Bertz CT molecular complexity index is 345. The van der Waals surface area contributed by atoms with Crippen molar-refractivity contribution in [2.45, 2.75) is 58.7 Å². The summed E-state index contributed by atoms with van der Waals surface area (Å²) in [6, 6.07) is 0. The molecule has 3 nitrogen and oxygen atoms in total. The van der Waals surface area contributed by atoms with Gasteiger partial charge in [0.25, 0.3) is 0 Å². The van der Waals surface area contributed by atoms with Gasteiger partial charge in [-0.2, -0.15) is 0 Å². The number of hydrogen-bond acceptors (Lipinski definition) is 3. The number of aliphatic hydroxyl groups is 2. The predicted molar refractivity (Wildman–Crippen MR) is 83.3 cm³/mol. The maximum atomic E-state index is 10.3. The van der Waals surface area contributed by atoms with Crippen molar-refractivity contribution in [1.29, 1.82) is 0 Å². The van der Waals surface area contributed by atoms with Gasteiger partial charge in [-0.05, 0) is 38.5 Å². The SMILES string of the molecule is C=CCOCC(C)CC(C)(O)C#CC(C)(O)CC(C)C. The van der Waals surface area contributed by atoms with Crippen LogP contribution < -0.4 is 0 Å². The van der Waals surface area contributed by atoms with E-state index in [9.17, 15) is 10.2 Å². The van der Waals surface area contributed by atoms with E-state index in [0.29, 0.717) is 32.0 Å². The van der Waals surface area contributed by atoms with E-state index < -0.39 is 11.2 Å². The number of rotatable bonds is 8. The number of hydrogen-bond donors (Lipinski definition) is 2. The molecule has 20 heavy (non-hydrogen) atoms. The summed E-state index contributed by atoms with van der Waals surface area (Å²) in [7, 11) is 0.